The SMILES string of the molecule is COc1ncnc(OC)c1C(=O)Nc1cccc(CSCCC(=O)O)c1. The molecule has 26 heavy (non-hydrogen) atoms. The molecule has 0 aliphatic carbocycles. The number of nitrogens with one attached hydrogen (secondary N) is 1. The average Bonchev–Trinajstić information content (AvgIpc) is 2.64. The van der Waals surface area contributed by atoms with Gasteiger partial charge in [0, 0.05) is 17.2 Å². The Hall–Kier alpha value is -2.81. The predicted octanol–water partition coefficient (Wildman–Crippen LogP) is 2.45. The molecule has 0 atom stereocenters. The van der Waals surface area contributed by atoms with Crippen molar-refractivity contribution in [1.82, 2.24) is 9.97 Å². The zero-order valence-electron chi connectivity index (χ0n) is 14.4. The van der Waals surface area contributed by atoms with Crippen molar-refractivity contribution >= 4 is 29.3 Å². The average molecular weight is 377 g/mol. The second-order valence-electron chi connectivity index (χ2n) is 5.12. The van der Waals surface area contributed by atoms with Gasteiger partial charge in [0.25, 0.3) is 5.91 Å². The molecular formula is C17H19N3O5S. The molecule has 0 saturated carbocycles. The van der Waals surface area contributed by atoms with Gasteiger partial charge in [0.05, 0.1) is 20.6 Å². The molecule has 1 aromatic heterocycles. The maximum absolute atomic E-state index is 12.6. The number of aromatic nitrogens is 2. The van der Waals surface area contributed by atoms with Crippen LogP contribution < -0.4 is 14.8 Å². The maximum Gasteiger partial charge on any atom is 0.304 e. The van der Waals surface area contributed by atoms with Crippen LogP contribution in [0.4, 0.5) is 5.69 Å². The Balaban J connectivity index is 2.08. The molecule has 1 aromatic carbocycles. The molecule has 2 rings (SSSR count). The maximum atomic E-state index is 12.6. The molecular weight excluding hydrogens is 358 g/mol. The summed E-state index contributed by atoms with van der Waals surface area (Å²) in [5.41, 5.74) is 1.68. The van der Waals surface area contributed by atoms with E-state index in [2.05, 4.69) is 15.3 Å². The van der Waals surface area contributed by atoms with Gasteiger partial charge in [-0.05, 0) is 17.7 Å². The quantitative estimate of drug-likeness (QED) is 0.641. The van der Waals surface area contributed by atoms with E-state index in [4.69, 9.17) is 14.6 Å². The normalized spacial score (nSPS) is 10.2. The lowest BCUT2D eigenvalue weighted by molar-refractivity contribution is -0.136. The first kappa shape index (κ1) is 19.5. The standard InChI is InChI=1S/C17H19N3O5S/c1-24-16-14(17(25-2)19-10-18-16)15(23)20-12-5-3-4-11(8-12)9-26-7-6-13(21)22/h3-5,8,10H,6-7,9H2,1-2H3,(H,20,23)(H,21,22). The third kappa shape index (κ3) is 5.35. The number of carbonyl (C=O) groups is 2. The van der Waals surface area contributed by atoms with Gasteiger partial charge in [0.15, 0.2) is 5.56 Å². The zero-order chi connectivity index (χ0) is 18.9. The highest BCUT2D eigenvalue weighted by atomic mass is 32.2. The molecule has 0 radical (unpaired) electrons. The van der Waals surface area contributed by atoms with Crippen molar-refractivity contribution in [2.24, 2.45) is 0 Å². The Kier molecular flexibility index (Phi) is 7.22. The van der Waals surface area contributed by atoms with Crippen molar-refractivity contribution in [1.29, 1.82) is 0 Å². The van der Waals surface area contributed by atoms with E-state index in [1.807, 2.05) is 18.2 Å². The lowest BCUT2D eigenvalue weighted by Gasteiger charge is -2.11. The minimum absolute atomic E-state index is 0.110. The van der Waals surface area contributed by atoms with Crippen LogP contribution in [0.5, 0.6) is 11.8 Å². The van der Waals surface area contributed by atoms with Crippen molar-refractivity contribution in [2.75, 3.05) is 25.3 Å². The molecule has 0 unspecified atom stereocenters. The lowest BCUT2D eigenvalue weighted by atomic mass is 10.2. The summed E-state index contributed by atoms with van der Waals surface area (Å²) in [4.78, 5) is 31.0. The first-order valence-corrected chi connectivity index (χ1v) is 8.83. The molecule has 0 aliphatic rings. The summed E-state index contributed by atoms with van der Waals surface area (Å²) in [5, 5.41) is 11.4. The molecule has 1 amide bonds. The molecule has 2 aromatic rings. The fourth-order valence-electron chi connectivity index (χ4n) is 2.14. The van der Waals surface area contributed by atoms with Crippen molar-refractivity contribution in [3.63, 3.8) is 0 Å². The third-order valence-corrected chi connectivity index (χ3v) is 4.34. The highest BCUT2D eigenvalue weighted by Gasteiger charge is 2.21. The van der Waals surface area contributed by atoms with Crippen LogP contribution in [0.1, 0.15) is 22.3 Å². The van der Waals surface area contributed by atoms with E-state index in [9.17, 15) is 9.59 Å². The molecule has 0 fully saturated rings. The Labute approximate surface area is 154 Å². The number of ether oxygens (including phenoxy) is 2. The van der Waals surface area contributed by atoms with Gasteiger partial charge in [-0.1, -0.05) is 12.1 Å². The predicted molar refractivity (Wildman–Crippen MR) is 97.9 cm³/mol. The first-order valence-electron chi connectivity index (χ1n) is 7.68. The van der Waals surface area contributed by atoms with E-state index >= 15 is 0 Å². The second kappa shape index (κ2) is 9.62. The van der Waals surface area contributed by atoms with Crippen molar-refractivity contribution in [3.05, 3.63) is 41.7 Å². The van der Waals surface area contributed by atoms with Crippen LogP contribution in [0.2, 0.25) is 0 Å². The fraction of sp³-hybridized carbons (Fsp3) is 0.294. The smallest absolute Gasteiger partial charge is 0.304 e. The molecule has 0 spiro atoms. The van der Waals surface area contributed by atoms with Gasteiger partial charge in [-0.15, -0.1) is 0 Å². The summed E-state index contributed by atoms with van der Waals surface area (Å²) in [6.45, 7) is 0. The largest absolute Gasteiger partial charge is 0.481 e. The summed E-state index contributed by atoms with van der Waals surface area (Å²) >= 11 is 1.52. The van der Waals surface area contributed by atoms with E-state index in [1.165, 1.54) is 32.3 Å². The van der Waals surface area contributed by atoms with Gasteiger partial charge in [-0.3, -0.25) is 9.59 Å². The molecule has 138 valence electrons. The van der Waals surface area contributed by atoms with E-state index in [1.54, 1.807) is 6.07 Å². The summed E-state index contributed by atoms with van der Waals surface area (Å²) in [6, 6.07) is 7.31. The van der Waals surface area contributed by atoms with Crippen LogP contribution in [0, 0.1) is 0 Å². The van der Waals surface area contributed by atoms with Crippen molar-refractivity contribution in [2.45, 2.75) is 12.2 Å². The monoisotopic (exact) mass is 377 g/mol. The Bertz CT molecular complexity index is 762. The molecule has 9 heteroatoms. The van der Waals surface area contributed by atoms with Crippen molar-refractivity contribution < 1.29 is 24.2 Å². The number of benzene rings is 1. The van der Waals surface area contributed by atoms with Gasteiger partial charge in [0.1, 0.15) is 6.33 Å². The summed E-state index contributed by atoms with van der Waals surface area (Å²) < 4.78 is 10.2. The van der Waals surface area contributed by atoms with Crippen LogP contribution in [-0.2, 0) is 10.5 Å². The highest BCUT2D eigenvalue weighted by molar-refractivity contribution is 7.98. The fourth-order valence-corrected chi connectivity index (χ4v) is 3.02. The number of methoxy groups -OCH3 is 2. The Morgan fingerprint density at radius 3 is 2.50 bits per heavy atom. The van der Waals surface area contributed by atoms with E-state index in [0.29, 0.717) is 17.2 Å². The van der Waals surface area contributed by atoms with Gasteiger partial charge in [-0.2, -0.15) is 11.8 Å². The van der Waals surface area contributed by atoms with Gasteiger partial charge in [0.2, 0.25) is 11.8 Å². The number of carboxylic acid groups (broad SMARTS) is 1. The number of carbonyl (C=O) groups excluding carboxylic acids is 1. The summed E-state index contributed by atoms with van der Waals surface area (Å²) in [7, 11) is 2.82. The number of nitrogens with zero attached hydrogens (tertiary/aromatic N) is 2. The van der Waals surface area contributed by atoms with Crippen molar-refractivity contribution in [3.8, 4) is 11.8 Å². The summed E-state index contributed by atoms with van der Waals surface area (Å²) in [6.07, 6.45) is 1.37. The van der Waals surface area contributed by atoms with E-state index in [-0.39, 0.29) is 23.7 Å². The van der Waals surface area contributed by atoms with Gasteiger partial charge in [-0.25, -0.2) is 9.97 Å². The number of hydrogen-bond donors (Lipinski definition) is 2. The first-order chi connectivity index (χ1) is 12.5. The number of anilines is 1. The number of carboxylic acids is 1. The number of thioether (sulfide) groups is 1. The number of rotatable bonds is 9. The van der Waals surface area contributed by atoms with Crippen LogP contribution in [0.25, 0.3) is 0 Å². The van der Waals surface area contributed by atoms with Crippen LogP contribution in [0.3, 0.4) is 0 Å². The van der Waals surface area contributed by atoms with Crippen LogP contribution in [-0.4, -0.2) is 46.9 Å². The molecule has 8 nitrogen and oxygen atoms in total. The molecule has 1 heterocycles. The topological polar surface area (TPSA) is 111 Å². The molecule has 0 aliphatic heterocycles. The molecule has 0 saturated heterocycles. The van der Waals surface area contributed by atoms with Crippen LogP contribution in [0.15, 0.2) is 30.6 Å². The minimum atomic E-state index is -0.813. The summed E-state index contributed by atoms with van der Waals surface area (Å²) in [5.74, 6) is 0.158. The van der Waals surface area contributed by atoms with Crippen LogP contribution >= 0.6 is 11.8 Å². The third-order valence-electron chi connectivity index (χ3n) is 3.31. The van der Waals surface area contributed by atoms with E-state index < -0.39 is 11.9 Å². The highest BCUT2D eigenvalue weighted by Crippen LogP contribution is 2.25. The Morgan fingerprint density at radius 1 is 1.19 bits per heavy atom. The number of hydrogen-bond acceptors (Lipinski definition) is 7. The van der Waals surface area contributed by atoms with Gasteiger partial charge >= 0.3 is 5.97 Å². The molecule has 0 bridgehead atoms. The Morgan fingerprint density at radius 2 is 1.88 bits per heavy atom. The zero-order valence-corrected chi connectivity index (χ0v) is 15.2. The second-order valence-corrected chi connectivity index (χ2v) is 6.22. The number of aliphatic carboxylic acids is 1. The number of amides is 1. The van der Waals surface area contributed by atoms with E-state index in [0.717, 1.165) is 5.56 Å². The molecule has 2 N–H and O–H groups in total. The lowest BCUT2D eigenvalue weighted by Crippen LogP contribution is -2.16. The van der Waals surface area contributed by atoms with Gasteiger partial charge < -0.3 is 19.9 Å². The minimum Gasteiger partial charge on any atom is -0.481 e.